The average Bonchev–Trinajstić information content (AvgIpc) is 3.10. The fourth-order valence-corrected chi connectivity index (χ4v) is 3.74. The Morgan fingerprint density at radius 1 is 1.04 bits per heavy atom. The van der Waals surface area contributed by atoms with Crippen molar-refractivity contribution in [1.82, 2.24) is 10.2 Å². The summed E-state index contributed by atoms with van der Waals surface area (Å²) in [5, 5.41) is 9.83. The van der Waals surface area contributed by atoms with Crippen LogP contribution in [0, 0.1) is 13.8 Å². The van der Waals surface area contributed by atoms with Gasteiger partial charge in [0.1, 0.15) is 0 Å². The van der Waals surface area contributed by atoms with E-state index in [1.165, 1.54) is 12.1 Å². The zero-order chi connectivity index (χ0) is 20.5. The molecular weight excluding hydrogens is 378 g/mol. The normalized spacial score (nSPS) is 11.6. The van der Waals surface area contributed by atoms with E-state index in [4.69, 9.17) is 4.42 Å². The van der Waals surface area contributed by atoms with Gasteiger partial charge in [-0.1, -0.05) is 22.8 Å². The Kier molecular flexibility index (Phi) is 5.33. The molecule has 0 fully saturated rings. The highest BCUT2D eigenvalue weighted by molar-refractivity contribution is 7.92. The zero-order valence-corrected chi connectivity index (χ0v) is 16.9. The van der Waals surface area contributed by atoms with Crippen LogP contribution >= 0.6 is 0 Å². The molecular formula is C20H21N3O4S. The summed E-state index contributed by atoms with van der Waals surface area (Å²) >= 11 is 0. The zero-order valence-electron chi connectivity index (χ0n) is 16.1. The van der Waals surface area contributed by atoms with Crippen molar-refractivity contribution in [3.63, 3.8) is 0 Å². The monoisotopic (exact) mass is 399 g/mol. The van der Waals surface area contributed by atoms with Gasteiger partial charge in [-0.25, -0.2) is 8.42 Å². The Hall–Kier alpha value is -3.00. The summed E-state index contributed by atoms with van der Waals surface area (Å²) in [7, 11) is -3.35. The van der Waals surface area contributed by atoms with Crippen molar-refractivity contribution < 1.29 is 17.6 Å². The lowest BCUT2D eigenvalue weighted by Gasteiger charge is -2.07. The highest BCUT2D eigenvalue weighted by Crippen LogP contribution is 2.24. The molecule has 0 aliphatic rings. The smallest absolute Gasteiger partial charge is 0.322 e. The Morgan fingerprint density at radius 2 is 1.71 bits per heavy atom. The van der Waals surface area contributed by atoms with Gasteiger partial charge in [0.2, 0.25) is 5.89 Å². The number of rotatable bonds is 5. The van der Waals surface area contributed by atoms with E-state index in [0.29, 0.717) is 11.1 Å². The van der Waals surface area contributed by atoms with E-state index >= 15 is 0 Å². The first-order valence-electron chi connectivity index (χ1n) is 8.75. The molecule has 0 aliphatic heterocycles. The van der Waals surface area contributed by atoms with E-state index in [0.717, 1.165) is 11.1 Å². The first-order valence-corrected chi connectivity index (χ1v) is 10.3. The molecule has 0 bridgehead atoms. The Bertz CT molecular complexity index is 1120. The maximum atomic E-state index is 12.4. The van der Waals surface area contributed by atoms with Gasteiger partial charge in [-0.2, -0.15) is 0 Å². The predicted molar refractivity (Wildman–Crippen MR) is 106 cm³/mol. The number of hydrogen-bond donors (Lipinski definition) is 1. The molecule has 1 amide bonds. The summed E-state index contributed by atoms with van der Waals surface area (Å²) in [6, 6.07) is 11.7. The van der Waals surface area contributed by atoms with Crippen LogP contribution in [0.25, 0.3) is 11.5 Å². The second-order valence-electron chi connectivity index (χ2n) is 6.80. The first kappa shape index (κ1) is 19.8. The number of nitrogens with zero attached hydrogens (tertiary/aromatic N) is 2. The van der Waals surface area contributed by atoms with Gasteiger partial charge >= 0.3 is 6.01 Å². The van der Waals surface area contributed by atoms with Gasteiger partial charge in [0.05, 0.1) is 10.1 Å². The van der Waals surface area contributed by atoms with Crippen molar-refractivity contribution in [1.29, 1.82) is 0 Å². The third-order valence-electron chi connectivity index (χ3n) is 4.32. The number of carbonyl (C=O) groups excluding carboxylic acids is 1. The van der Waals surface area contributed by atoms with Crippen LogP contribution in [0.15, 0.2) is 51.8 Å². The van der Waals surface area contributed by atoms with Crippen LogP contribution in [0.5, 0.6) is 0 Å². The Labute approximate surface area is 163 Å². The molecule has 3 aromatic rings. The second kappa shape index (κ2) is 7.55. The number of nitrogens with one attached hydrogen (secondary N) is 1. The summed E-state index contributed by atoms with van der Waals surface area (Å²) in [5.74, 6) is -0.157. The summed E-state index contributed by atoms with van der Waals surface area (Å²) < 4.78 is 29.9. The van der Waals surface area contributed by atoms with E-state index in [-0.39, 0.29) is 22.7 Å². The van der Waals surface area contributed by atoms with Gasteiger partial charge in [-0.15, -0.1) is 5.10 Å². The molecule has 8 heteroatoms. The third kappa shape index (κ3) is 3.96. The first-order chi connectivity index (χ1) is 13.2. The molecule has 0 saturated heterocycles. The van der Waals surface area contributed by atoms with E-state index in [1.807, 2.05) is 26.0 Å². The fraction of sp³-hybridized carbons (Fsp3) is 0.250. The molecule has 1 aromatic heterocycles. The lowest BCUT2D eigenvalue weighted by molar-refractivity contribution is 0.102. The fourth-order valence-electron chi connectivity index (χ4n) is 2.68. The molecule has 0 aliphatic carbocycles. The molecule has 7 nitrogen and oxygen atoms in total. The third-order valence-corrected chi connectivity index (χ3v) is 6.49. The highest BCUT2D eigenvalue weighted by atomic mass is 32.2. The molecule has 0 radical (unpaired) electrons. The second-order valence-corrected chi connectivity index (χ2v) is 9.31. The quantitative estimate of drug-likeness (QED) is 0.700. The maximum absolute atomic E-state index is 12.4. The minimum atomic E-state index is -3.35. The van der Waals surface area contributed by atoms with Crippen molar-refractivity contribution in [2.75, 3.05) is 5.32 Å². The minimum Gasteiger partial charge on any atom is -0.403 e. The minimum absolute atomic E-state index is 0.0288. The number of hydrogen-bond acceptors (Lipinski definition) is 6. The molecule has 1 N–H and O–H groups in total. The molecule has 0 saturated carbocycles. The standard InChI is InChI=1S/C20H21N3O4S/c1-12(2)28(25,26)16-8-6-15(7-9-16)19-22-23-20(27-19)21-18(24)17-10-5-13(3)11-14(17)4/h5-12H,1-4H3,(H,21,23,24). The van der Waals surface area contributed by atoms with E-state index in [1.54, 1.807) is 32.0 Å². The topological polar surface area (TPSA) is 102 Å². The van der Waals surface area contributed by atoms with E-state index in [2.05, 4.69) is 15.5 Å². The summed E-state index contributed by atoms with van der Waals surface area (Å²) in [6.45, 7) is 7.07. The molecule has 2 aromatic carbocycles. The molecule has 28 heavy (non-hydrogen) atoms. The van der Waals surface area contributed by atoms with Gasteiger partial charge in [0, 0.05) is 11.1 Å². The van der Waals surface area contributed by atoms with E-state index < -0.39 is 15.1 Å². The molecule has 3 rings (SSSR count). The number of anilines is 1. The average molecular weight is 399 g/mol. The van der Waals surface area contributed by atoms with Crippen molar-refractivity contribution in [3.05, 3.63) is 59.2 Å². The van der Waals surface area contributed by atoms with Crippen LogP contribution in [-0.2, 0) is 9.84 Å². The van der Waals surface area contributed by atoms with Gasteiger partial charge in [-0.05, 0) is 63.6 Å². The highest BCUT2D eigenvalue weighted by Gasteiger charge is 2.20. The summed E-state index contributed by atoms with van der Waals surface area (Å²) in [6.07, 6.45) is 0. The number of carbonyl (C=O) groups is 1. The van der Waals surface area contributed by atoms with Gasteiger partial charge < -0.3 is 4.42 Å². The number of amides is 1. The van der Waals surface area contributed by atoms with Gasteiger partial charge in [0.25, 0.3) is 5.91 Å². The number of benzene rings is 2. The van der Waals surface area contributed by atoms with Crippen LogP contribution < -0.4 is 5.32 Å². The lowest BCUT2D eigenvalue weighted by Crippen LogP contribution is -2.13. The SMILES string of the molecule is Cc1ccc(C(=O)Nc2nnc(-c3ccc(S(=O)(=O)C(C)C)cc3)o2)c(C)c1. The molecule has 0 unspecified atom stereocenters. The molecule has 0 spiro atoms. The molecule has 1 heterocycles. The molecule has 0 atom stereocenters. The Balaban J connectivity index is 1.78. The van der Waals surface area contributed by atoms with Crippen molar-refractivity contribution in [3.8, 4) is 11.5 Å². The van der Waals surface area contributed by atoms with E-state index in [9.17, 15) is 13.2 Å². The Morgan fingerprint density at radius 3 is 2.32 bits per heavy atom. The number of aromatic nitrogens is 2. The number of sulfone groups is 1. The van der Waals surface area contributed by atoms with Crippen molar-refractivity contribution >= 4 is 21.8 Å². The maximum Gasteiger partial charge on any atom is 0.322 e. The summed E-state index contributed by atoms with van der Waals surface area (Å²) in [5.41, 5.74) is 2.99. The number of aryl methyl sites for hydroxylation is 2. The van der Waals surface area contributed by atoms with Gasteiger partial charge in [0.15, 0.2) is 9.84 Å². The summed E-state index contributed by atoms with van der Waals surface area (Å²) in [4.78, 5) is 12.6. The largest absolute Gasteiger partial charge is 0.403 e. The predicted octanol–water partition coefficient (Wildman–Crippen LogP) is 3.79. The van der Waals surface area contributed by atoms with Crippen LogP contribution in [0.4, 0.5) is 6.01 Å². The molecule has 146 valence electrons. The van der Waals surface area contributed by atoms with Crippen molar-refractivity contribution in [2.45, 2.75) is 37.8 Å². The lowest BCUT2D eigenvalue weighted by atomic mass is 10.1. The van der Waals surface area contributed by atoms with Crippen LogP contribution in [-0.4, -0.2) is 29.8 Å². The van der Waals surface area contributed by atoms with Crippen molar-refractivity contribution in [2.24, 2.45) is 0 Å². The van der Waals surface area contributed by atoms with Crippen LogP contribution in [0.1, 0.15) is 35.3 Å². The van der Waals surface area contributed by atoms with Crippen LogP contribution in [0.2, 0.25) is 0 Å². The van der Waals surface area contributed by atoms with Crippen LogP contribution in [0.3, 0.4) is 0 Å². The van der Waals surface area contributed by atoms with Gasteiger partial charge in [-0.3, -0.25) is 10.1 Å².